The highest BCUT2D eigenvalue weighted by Crippen LogP contribution is 2.21. The SMILES string of the molecule is CCNc1ncc(C(=O)NCCc2nc(-c3ccccc3)cs2)cn1. The molecule has 3 aromatic rings. The summed E-state index contributed by atoms with van der Waals surface area (Å²) in [6.45, 7) is 3.23. The molecule has 1 aromatic carbocycles. The molecule has 0 atom stereocenters. The van der Waals surface area contributed by atoms with E-state index in [4.69, 9.17) is 0 Å². The van der Waals surface area contributed by atoms with Crippen molar-refractivity contribution in [2.75, 3.05) is 18.4 Å². The fourth-order valence-electron chi connectivity index (χ4n) is 2.25. The lowest BCUT2D eigenvalue weighted by atomic mass is 10.2. The van der Waals surface area contributed by atoms with Crippen LogP contribution in [0, 0.1) is 0 Å². The topological polar surface area (TPSA) is 79.8 Å². The van der Waals surface area contributed by atoms with Crippen molar-refractivity contribution in [2.24, 2.45) is 0 Å². The van der Waals surface area contributed by atoms with Crippen molar-refractivity contribution in [3.8, 4) is 11.3 Å². The minimum atomic E-state index is -0.178. The van der Waals surface area contributed by atoms with E-state index < -0.39 is 0 Å². The average molecular weight is 353 g/mol. The first-order valence-corrected chi connectivity index (χ1v) is 8.98. The Kier molecular flexibility index (Phi) is 5.69. The molecule has 0 spiro atoms. The largest absolute Gasteiger partial charge is 0.355 e. The molecular formula is C18H19N5OS. The van der Waals surface area contributed by atoms with Gasteiger partial charge < -0.3 is 10.6 Å². The van der Waals surface area contributed by atoms with Crippen molar-refractivity contribution in [2.45, 2.75) is 13.3 Å². The minimum Gasteiger partial charge on any atom is -0.355 e. The normalized spacial score (nSPS) is 10.4. The molecule has 0 radical (unpaired) electrons. The molecule has 0 unspecified atom stereocenters. The van der Waals surface area contributed by atoms with Crippen LogP contribution in [0.5, 0.6) is 0 Å². The van der Waals surface area contributed by atoms with Gasteiger partial charge in [-0.3, -0.25) is 4.79 Å². The van der Waals surface area contributed by atoms with E-state index in [1.807, 2.05) is 42.6 Å². The smallest absolute Gasteiger partial charge is 0.254 e. The van der Waals surface area contributed by atoms with Gasteiger partial charge in [-0.1, -0.05) is 30.3 Å². The third-order valence-electron chi connectivity index (χ3n) is 3.49. The number of nitrogens with zero attached hydrogens (tertiary/aromatic N) is 3. The van der Waals surface area contributed by atoms with Gasteiger partial charge in [0.15, 0.2) is 0 Å². The molecule has 0 saturated carbocycles. The first-order chi connectivity index (χ1) is 12.3. The Morgan fingerprint density at radius 2 is 1.92 bits per heavy atom. The van der Waals surface area contributed by atoms with Crippen LogP contribution in [0.3, 0.4) is 0 Å². The van der Waals surface area contributed by atoms with Crippen LogP contribution in [0.1, 0.15) is 22.3 Å². The number of carbonyl (C=O) groups is 1. The fraction of sp³-hybridized carbons (Fsp3) is 0.222. The number of anilines is 1. The van der Waals surface area contributed by atoms with Gasteiger partial charge >= 0.3 is 0 Å². The lowest BCUT2D eigenvalue weighted by Crippen LogP contribution is -2.26. The van der Waals surface area contributed by atoms with Crippen LogP contribution in [-0.4, -0.2) is 33.9 Å². The molecule has 25 heavy (non-hydrogen) atoms. The molecular weight excluding hydrogens is 334 g/mol. The van der Waals surface area contributed by atoms with Gasteiger partial charge in [-0.05, 0) is 6.92 Å². The van der Waals surface area contributed by atoms with Crippen molar-refractivity contribution in [3.63, 3.8) is 0 Å². The number of benzene rings is 1. The van der Waals surface area contributed by atoms with E-state index in [9.17, 15) is 4.79 Å². The summed E-state index contributed by atoms with van der Waals surface area (Å²) in [6, 6.07) is 10.1. The average Bonchev–Trinajstić information content (AvgIpc) is 3.12. The molecule has 128 valence electrons. The zero-order valence-corrected chi connectivity index (χ0v) is 14.7. The predicted octanol–water partition coefficient (Wildman–Crippen LogP) is 3.00. The molecule has 0 fully saturated rings. The molecule has 3 rings (SSSR count). The summed E-state index contributed by atoms with van der Waals surface area (Å²) in [5.74, 6) is 0.346. The van der Waals surface area contributed by atoms with Gasteiger partial charge in [0, 0.05) is 42.8 Å². The van der Waals surface area contributed by atoms with Crippen molar-refractivity contribution in [1.29, 1.82) is 0 Å². The number of hydrogen-bond acceptors (Lipinski definition) is 6. The standard InChI is InChI=1S/C18H19N5OS/c1-2-19-18-21-10-14(11-22-18)17(24)20-9-8-16-23-15(12-25-16)13-6-4-3-5-7-13/h3-7,10-12H,2,8-9H2,1H3,(H,20,24)(H,19,21,22). The summed E-state index contributed by atoms with van der Waals surface area (Å²) < 4.78 is 0. The Morgan fingerprint density at radius 1 is 1.16 bits per heavy atom. The van der Waals surface area contributed by atoms with Gasteiger partial charge in [-0.15, -0.1) is 11.3 Å². The van der Waals surface area contributed by atoms with Gasteiger partial charge in [0.2, 0.25) is 5.95 Å². The maximum atomic E-state index is 12.1. The Bertz CT molecular complexity index is 817. The van der Waals surface area contributed by atoms with Crippen LogP contribution < -0.4 is 10.6 Å². The maximum Gasteiger partial charge on any atom is 0.254 e. The summed E-state index contributed by atoms with van der Waals surface area (Å²) in [6.07, 6.45) is 3.74. The van der Waals surface area contributed by atoms with E-state index in [-0.39, 0.29) is 5.91 Å². The summed E-state index contributed by atoms with van der Waals surface area (Å²) in [5, 5.41) is 8.91. The zero-order valence-electron chi connectivity index (χ0n) is 13.9. The molecule has 0 aliphatic heterocycles. The second-order valence-corrected chi connectivity index (χ2v) is 6.27. The highest BCUT2D eigenvalue weighted by Gasteiger charge is 2.08. The number of rotatable bonds is 7. The molecule has 0 saturated heterocycles. The molecule has 0 aliphatic rings. The molecule has 2 aromatic heterocycles. The second-order valence-electron chi connectivity index (χ2n) is 5.32. The highest BCUT2D eigenvalue weighted by atomic mass is 32.1. The summed E-state index contributed by atoms with van der Waals surface area (Å²) in [5.41, 5.74) is 2.53. The van der Waals surface area contributed by atoms with E-state index in [1.165, 1.54) is 12.4 Å². The van der Waals surface area contributed by atoms with Crippen molar-refractivity contribution in [1.82, 2.24) is 20.3 Å². The van der Waals surface area contributed by atoms with Crippen LogP contribution in [0.4, 0.5) is 5.95 Å². The van der Waals surface area contributed by atoms with E-state index in [0.717, 1.165) is 22.8 Å². The van der Waals surface area contributed by atoms with E-state index >= 15 is 0 Å². The second kappa shape index (κ2) is 8.34. The third-order valence-corrected chi connectivity index (χ3v) is 4.40. The summed E-state index contributed by atoms with van der Waals surface area (Å²) in [7, 11) is 0. The lowest BCUT2D eigenvalue weighted by Gasteiger charge is -2.05. The number of hydrogen-bond donors (Lipinski definition) is 2. The Morgan fingerprint density at radius 3 is 2.64 bits per heavy atom. The van der Waals surface area contributed by atoms with Crippen LogP contribution >= 0.6 is 11.3 Å². The van der Waals surface area contributed by atoms with Crippen LogP contribution in [-0.2, 0) is 6.42 Å². The van der Waals surface area contributed by atoms with E-state index in [1.54, 1.807) is 11.3 Å². The molecule has 2 heterocycles. The number of amides is 1. The first-order valence-electron chi connectivity index (χ1n) is 8.10. The molecule has 2 N–H and O–H groups in total. The van der Waals surface area contributed by atoms with Crippen molar-refractivity contribution >= 4 is 23.2 Å². The fourth-order valence-corrected chi connectivity index (χ4v) is 3.05. The van der Waals surface area contributed by atoms with Crippen molar-refractivity contribution < 1.29 is 4.79 Å². The van der Waals surface area contributed by atoms with Crippen molar-refractivity contribution in [3.05, 3.63) is 58.7 Å². The van der Waals surface area contributed by atoms with Crippen LogP contribution in [0.25, 0.3) is 11.3 Å². The van der Waals surface area contributed by atoms with E-state index in [2.05, 4.69) is 25.6 Å². The number of carbonyl (C=O) groups excluding carboxylic acids is 1. The van der Waals surface area contributed by atoms with Gasteiger partial charge in [0.05, 0.1) is 16.3 Å². The van der Waals surface area contributed by atoms with Gasteiger partial charge in [-0.2, -0.15) is 0 Å². The Labute approximate surface area is 150 Å². The number of aromatic nitrogens is 3. The van der Waals surface area contributed by atoms with Gasteiger partial charge in [0.25, 0.3) is 5.91 Å². The minimum absolute atomic E-state index is 0.178. The molecule has 7 heteroatoms. The molecule has 0 aliphatic carbocycles. The number of thiazole rings is 1. The molecule has 6 nitrogen and oxygen atoms in total. The molecule has 0 bridgehead atoms. The molecule has 1 amide bonds. The van der Waals surface area contributed by atoms with Crippen LogP contribution in [0.15, 0.2) is 48.1 Å². The van der Waals surface area contributed by atoms with Crippen LogP contribution in [0.2, 0.25) is 0 Å². The highest BCUT2D eigenvalue weighted by molar-refractivity contribution is 7.09. The zero-order chi connectivity index (χ0) is 17.5. The lowest BCUT2D eigenvalue weighted by molar-refractivity contribution is 0.0953. The van der Waals surface area contributed by atoms with Gasteiger partial charge in [0.1, 0.15) is 0 Å². The summed E-state index contributed by atoms with van der Waals surface area (Å²) >= 11 is 1.60. The maximum absolute atomic E-state index is 12.1. The number of nitrogens with one attached hydrogen (secondary N) is 2. The predicted molar refractivity (Wildman–Crippen MR) is 99.8 cm³/mol. The first kappa shape index (κ1) is 17.0. The monoisotopic (exact) mass is 353 g/mol. The third kappa shape index (κ3) is 4.60. The summed E-state index contributed by atoms with van der Waals surface area (Å²) in [4.78, 5) is 24.9. The Hall–Kier alpha value is -2.80. The van der Waals surface area contributed by atoms with E-state index in [0.29, 0.717) is 24.5 Å². The van der Waals surface area contributed by atoms with Gasteiger partial charge in [-0.25, -0.2) is 15.0 Å². The quantitative estimate of drug-likeness (QED) is 0.682. The Balaban J connectivity index is 1.51.